The average Bonchev–Trinajstić information content (AvgIpc) is 3.10. The van der Waals surface area contributed by atoms with E-state index in [9.17, 15) is 4.79 Å². The van der Waals surface area contributed by atoms with E-state index in [1.54, 1.807) is 0 Å². The van der Waals surface area contributed by atoms with E-state index in [4.69, 9.17) is 0 Å². The minimum atomic E-state index is 0.00663. The maximum absolute atomic E-state index is 11.6. The molecule has 1 amide bonds. The van der Waals surface area contributed by atoms with Crippen LogP contribution in [0.4, 0.5) is 5.69 Å². The molecule has 104 valence electrons. The fraction of sp³-hybridized carbons (Fsp3) is 0.125. The Labute approximate surface area is 121 Å². The van der Waals surface area contributed by atoms with Gasteiger partial charge in [0.25, 0.3) is 5.91 Å². The van der Waals surface area contributed by atoms with E-state index in [2.05, 4.69) is 26.1 Å². The highest BCUT2D eigenvalue weighted by Gasteiger charge is 2.19. The van der Waals surface area contributed by atoms with Crippen LogP contribution in [-0.2, 0) is 6.54 Å². The van der Waals surface area contributed by atoms with E-state index in [0.717, 1.165) is 33.7 Å². The Morgan fingerprint density at radius 3 is 3.05 bits per heavy atom. The molecule has 0 fully saturated rings. The average molecular weight is 278 g/mol. The molecule has 5 nitrogen and oxygen atoms in total. The predicted octanol–water partition coefficient (Wildman–Crippen LogP) is 2.29. The highest BCUT2D eigenvalue weighted by Crippen LogP contribution is 2.26. The molecule has 0 aliphatic carbocycles. The number of hydrogen-bond donors (Lipinski definition) is 2. The van der Waals surface area contributed by atoms with Crippen LogP contribution < -0.4 is 10.6 Å². The highest BCUT2D eigenvalue weighted by atomic mass is 16.1. The summed E-state index contributed by atoms with van der Waals surface area (Å²) in [5.41, 5.74) is 5.81. The molecule has 4 rings (SSSR count). The smallest absolute Gasteiger partial charge is 0.251 e. The molecule has 0 saturated carbocycles. The Hall–Kier alpha value is -2.82. The van der Waals surface area contributed by atoms with Gasteiger partial charge in [-0.1, -0.05) is 6.07 Å². The van der Waals surface area contributed by atoms with Crippen molar-refractivity contribution in [2.75, 3.05) is 12.4 Å². The molecule has 0 saturated heterocycles. The van der Waals surface area contributed by atoms with Gasteiger partial charge in [0.1, 0.15) is 5.65 Å². The van der Waals surface area contributed by atoms with Gasteiger partial charge in [0.2, 0.25) is 0 Å². The number of nitrogens with one attached hydrogen (secondary N) is 2. The summed E-state index contributed by atoms with van der Waals surface area (Å²) < 4.78 is 2.05. The standard InChI is InChI=1S/C16H14N4O/c1-17-12-3-5-15-18-8-14(20(15)9-12)10-2-4-13-11(6-10)7-19-16(13)21/h2-6,8-9,17H,7H2,1H3,(H,19,21). The van der Waals surface area contributed by atoms with Crippen LogP contribution in [0.15, 0.2) is 42.7 Å². The first-order chi connectivity index (χ1) is 10.3. The minimum Gasteiger partial charge on any atom is -0.387 e. The molecular weight excluding hydrogens is 264 g/mol. The number of amides is 1. The number of imidazole rings is 1. The Morgan fingerprint density at radius 2 is 2.19 bits per heavy atom. The summed E-state index contributed by atoms with van der Waals surface area (Å²) in [4.78, 5) is 16.1. The lowest BCUT2D eigenvalue weighted by molar-refractivity contribution is 0.0966. The molecule has 3 aromatic rings. The highest BCUT2D eigenvalue weighted by molar-refractivity contribution is 5.98. The number of nitrogens with zero attached hydrogens (tertiary/aromatic N) is 2. The summed E-state index contributed by atoms with van der Waals surface area (Å²) in [6, 6.07) is 9.89. The van der Waals surface area contributed by atoms with Crippen molar-refractivity contribution in [3.05, 3.63) is 53.9 Å². The molecule has 1 aromatic carbocycles. The van der Waals surface area contributed by atoms with Crippen LogP contribution in [0.2, 0.25) is 0 Å². The van der Waals surface area contributed by atoms with Gasteiger partial charge in [-0.05, 0) is 29.8 Å². The zero-order valence-corrected chi connectivity index (χ0v) is 11.6. The van der Waals surface area contributed by atoms with E-state index in [0.29, 0.717) is 6.54 Å². The first-order valence-corrected chi connectivity index (χ1v) is 6.82. The van der Waals surface area contributed by atoms with E-state index in [1.165, 1.54) is 0 Å². The zero-order chi connectivity index (χ0) is 14.4. The van der Waals surface area contributed by atoms with Gasteiger partial charge in [-0.25, -0.2) is 4.98 Å². The number of fused-ring (bicyclic) bond motifs is 2. The normalized spacial score (nSPS) is 13.3. The number of carbonyl (C=O) groups is 1. The third-order valence-corrected chi connectivity index (χ3v) is 3.88. The number of hydrogen-bond acceptors (Lipinski definition) is 3. The summed E-state index contributed by atoms with van der Waals surface area (Å²) in [5, 5.41) is 5.97. The van der Waals surface area contributed by atoms with Crippen molar-refractivity contribution >= 4 is 17.2 Å². The van der Waals surface area contributed by atoms with Crippen LogP contribution in [0.1, 0.15) is 15.9 Å². The van der Waals surface area contributed by atoms with Crippen molar-refractivity contribution in [3.8, 4) is 11.3 Å². The Morgan fingerprint density at radius 1 is 1.29 bits per heavy atom. The van der Waals surface area contributed by atoms with E-state index in [1.807, 2.05) is 43.7 Å². The molecule has 0 radical (unpaired) electrons. The summed E-state index contributed by atoms with van der Waals surface area (Å²) in [6.07, 6.45) is 3.88. The lowest BCUT2D eigenvalue weighted by Crippen LogP contribution is -2.12. The van der Waals surface area contributed by atoms with Gasteiger partial charge in [0.15, 0.2) is 0 Å². The minimum absolute atomic E-state index is 0.00663. The van der Waals surface area contributed by atoms with Gasteiger partial charge in [-0.3, -0.25) is 9.20 Å². The lowest BCUT2D eigenvalue weighted by Gasteiger charge is -2.06. The van der Waals surface area contributed by atoms with Gasteiger partial charge in [0, 0.05) is 30.9 Å². The fourth-order valence-corrected chi connectivity index (χ4v) is 2.73. The first-order valence-electron chi connectivity index (χ1n) is 6.82. The maximum atomic E-state index is 11.6. The number of pyridine rings is 1. The molecule has 1 aliphatic rings. The summed E-state index contributed by atoms with van der Waals surface area (Å²) in [6.45, 7) is 0.598. The number of benzene rings is 1. The topological polar surface area (TPSA) is 58.4 Å². The quantitative estimate of drug-likeness (QED) is 0.756. The van der Waals surface area contributed by atoms with Crippen LogP contribution in [0.25, 0.3) is 16.9 Å². The molecule has 0 unspecified atom stereocenters. The molecule has 5 heteroatoms. The van der Waals surface area contributed by atoms with E-state index in [-0.39, 0.29) is 5.91 Å². The second kappa shape index (κ2) is 4.34. The van der Waals surface area contributed by atoms with Gasteiger partial charge in [-0.15, -0.1) is 0 Å². The van der Waals surface area contributed by atoms with Gasteiger partial charge < -0.3 is 10.6 Å². The van der Waals surface area contributed by atoms with Crippen molar-refractivity contribution in [3.63, 3.8) is 0 Å². The van der Waals surface area contributed by atoms with Crippen molar-refractivity contribution in [2.45, 2.75) is 6.54 Å². The molecule has 3 heterocycles. The van der Waals surface area contributed by atoms with Crippen LogP contribution in [0.5, 0.6) is 0 Å². The second-order valence-corrected chi connectivity index (χ2v) is 5.09. The van der Waals surface area contributed by atoms with Gasteiger partial charge >= 0.3 is 0 Å². The summed E-state index contributed by atoms with van der Waals surface area (Å²) in [7, 11) is 1.89. The Kier molecular flexibility index (Phi) is 2.47. The predicted molar refractivity (Wildman–Crippen MR) is 81.3 cm³/mol. The second-order valence-electron chi connectivity index (χ2n) is 5.09. The number of aromatic nitrogens is 2. The van der Waals surface area contributed by atoms with Crippen LogP contribution in [0, 0.1) is 0 Å². The SMILES string of the molecule is CNc1ccc2ncc(-c3ccc4c(c3)CNC4=O)n2c1. The van der Waals surface area contributed by atoms with Gasteiger partial charge in [-0.2, -0.15) is 0 Å². The third kappa shape index (κ3) is 1.78. The largest absolute Gasteiger partial charge is 0.387 e. The molecular formula is C16H14N4O. The monoisotopic (exact) mass is 278 g/mol. The van der Waals surface area contributed by atoms with Crippen molar-refractivity contribution < 1.29 is 4.79 Å². The van der Waals surface area contributed by atoms with Crippen molar-refractivity contribution in [1.29, 1.82) is 0 Å². The van der Waals surface area contributed by atoms with Crippen molar-refractivity contribution in [1.82, 2.24) is 14.7 Å². The third-order valence-electron chi connectivity index (χ3n) is 3.88. The van der Waals surface area contributed by atoms with E-state index >= 15 is 0 Å². The van der Waals surface area contributed by atoms with Crippen LogP contribution in [0.3, 0.4) is 0 Å². The molecule has 1 aliphatic heterocycles. The summed E-state index contributed by atoms with van der Waals surface area (Å²) >= 11 is 0. The van der Waals surface area contributed by atoms with Crippen molar-refractivity contribution in [2.24, 2.45) is 0 Å². The molecule has 0 atom stereocenters. The molecule has 0 spiro atoms. The molecule has 2 N–H and O–H groups in total. The van der Waals surface area contributed by atoms with Gasteiger partial charge in [0.05, 0.1) is 17.6 Å². The maximum Gasteiger partial charge on any atom is 0.251 e. The molecule has 2 aromatic heterocycles. The Balaban J connectivity index is 1.88. The Bertz CT molecular complexity index is 866. The van der Waals surface area contributed by atoms with Crippen LogP contribution in [-0.4, -0.2) is 22.3 Å². The first kappa shape index (κ1) is 12.0. The summed E-state index contributed by atoms with van der Waals surface area (Å²) in [5.74, 6) is 0.00663. The zero-order valence-electron chi connectivity index (χ0n) is 11.6. The number of carbonyl (C=O) groups excluding carboxylic acids is 1. The lowest BCUT2D eigenvalue weighted by atomic mass is 10.0. The molecule has 0 bridgehead atoms. The number of anilines is 1. The number of rotatable bonds is 2. The fourth-order valence-electron chi connectivity index (χ4n) is 2.73. The van der Waals surface area contributed by atoms with Crippen LogP contribution >= 0.6 is 0 Å². The van der Waals surface area contributed by atoms with E-state index < -0.39 is 0 Å². The molecule has 21 heavy (non-hydrogen) atoms.